The number of amides is 2. The average molecular weight is 444 g/mol. The van der Waals surface area contributed by atoms with Gasteiger partial charge in [-0.25, -0.2) is 4.79 Å². The molecule has 0 saturated heterocycles. The topological polar surface area (TPSA) is 100 Å². The second-order valence-electron chi connectivity index (χ2n) is 10.5. The summed E-state index contributed by atoms with van der Waals surface area (Å²) in [6.07, 6.45) is 3.32. The molecule has 0 fully saturated rings. The Bertz CT molecular complexity index is 950. The molecule has 7 nitrogen and oxygen atoms in total. The molecule has 0 bridgehead atoms. The number of fused-ring (bicyclic) bond motifs is 1. The lowest BCUT2D eigenvalue weighted by atomic mass is 9.88. The number of esters is 1. The van der Waals surface area contributed by atoms with Crippen molar-refractivity contribution in [3.05, 3.63) is 36.0 Å². The van der Waals surface area contributed by atoms with Gasteiger partial charge in [-0.3, -0.25) is 9.59 Å². The Morgan fingerprint density at radius 1 is 1.00 bits per heavy atom. The Hall–Kier alpha value is -2.83. The quantitative estimate of drug-likeness (QED) is 0.539. The number of ether oxygens (including phenoxy) is 1. The summed E-state index contributed by atoms with van der Waals surface area (Å²) in [6.45, 7) is 13.0. The SMILES string of the molecule is CC(=O)NC(Cc1c[nH]c2ccccc12)C(=O)NC(CCC(C)(C)C)C(=O)OC(C)(C)C. The summed E-state index contributed by atoms with van der Waals surface area (Å²) in [4.78, 5) is 41.0. The number of carbonyl (C=O) groups is 3. The van der Waals surface area contributed by atoms with E-state index >= 15 is 0 Å². The summed E-state index contributed by atoms with van der Waals surface area (Å²) in [5, 5.41) is 6.56. The van der Waals surface area contributed by atoms with Gasteiger partial charge in [-0.15, -0.1) is 0 Å². The van der Waals surface area contributed by atoms with Gasteiger partial charge in [0.05, 0.1) is 0 Å². The number of para-hydroxylation sites is 1. The lowest BCUT2D eigenvalue weighted by molar-refractivity contribution is -0.159. The molecule has 32 heavy (non-hydrogen) atoms. The van der Waals surface area contributed by atoms with Gasteiger partial charge in [0.2, 0.25) is 11.8 Å². The van der Waals surface area contributed by atoms with E-state index in [1.54, 1.807) is 20.8 Å². The lowest BCUT2D eigenvalue weighted by Crippen LogP contribution is -2.53. The molecule has 0 aliphatic carbocycles. The molecule has 2 unspecified atom stereocenters. The van der Waals surface area contributed by atoms with E-state index in [9.17, 15) is 14.4 Å². The maximum atomic E-state index is 13.2. The zero-order valence-corrected chi connectivity index (χ0v) is 20.3. The summed E-state index contributed by atoms with van der Waals surface area (Å²) in [5.41, 5.74) is 1.20. The van der Waals surface area contributed by atoms with Gasteiger partial charge in [0.1, 0.15) is 17.7 Å². The second kappa shape index (κ2) is 10.2. The van der Waals surface area contributed by atoms with E-state index < -0.39 is 29.6 Å². The van der Waals surface area contributed by atoms with Crippen molar-refractivity contribution in [3.8, 4) is 0 Å². The third kappa shape index (κ3) is 8.02. The number of benzene rings is 1. The van der Waals surface area contributed by atoms with Gasteiger partial charge in [0.25, 0.3) is 0 Å². The monoisotopic (exact) mass is 443 g/mol. The second-order valence-corrected chi connectivity index (χ2v) is 10.5. The van der Waals surface area contributed by atoms with Gasteiger partial charge >= 0.3 is 5.97 Å². The van der Waals surface area contributed by atoms with Gasteiger partial charge in [-0.2, -0.15) is 0 Å². The summed E-state index contributed by atoms with van der Waals surface area (Å²) in [5.74, 6) is -1.19. The molecule has 2 rings (SSSR count). The van der Waals surface area contributed by atoms with Crippen LogP contribution in [0.15, 0.2) is 30.5 Å². The van der Waals surface area contributed by atoms with Crippen LogP contribution < -0.4 is 10.6 Å². The molecule has 0 aliphatic rings. The van der Waals surface area contributed by atoms with Crippen LogP contribution in [0.5, 0.6) is 0 Å². The van der Waals surface area contributed by atoms with Gasteiger partial charge < -0.3 is 20.4 Å². The first-order valence-electron chi connectivity index (χ1n) is 11.1. The van der Waals surface area contributed by atoms with Gasteiger partial charge in [-0.1, -0.05) is 39.0 Å². The van der Waals surface area contributed by atoms with Crippen molar-refractivity contribution in [2.75, 3.05) is 0 Å². The highest BCUT2D eigenvalue weighted by molar-refractivity contribution is 5.91. The predicted molar refractivity (Wildman–Crippen MR) is 126 cm³/mol. The Morgan fingerprint density at radius 3 is 2.25 bits per heavy atom. The Balaban J connectivity index is 2.22. The number of aromatic amines is 1. The number of rotatable bonds is 8. The molecular formula is C25H37N3O4. The first kappa shape index (κ1) is 25.4. The fraction of sp³-hybridized carbons (Fsp3) is 0.560. The van der Waals surface area contributed by atoms with Crippen LogP contribution in [0.4, 0.5) is 0 Å². The van der Waals surface area contributed by atoms with E-state index in [0.717, 1.165) is 22.9 Å². The van der Waals surface area contributed by atoms with E-state index in [1.165, 1.54) is 6.92 Å². The van der Waals surface area contributed by atoms with E-state index in [1.807, 2.05) is 30.5 Å². The molecular weight excluding hydrogens is 406 g/mol. The van der Waals surface area contributed by atoms with Crippen molar-refractivity contribution < 1.29 is 19.1 Å². The number of carbonyl (C=O) groups excluding carboxylic acids is 3. The average Bonchev–Trinajstić information content (AvgIpc) is 3.05. The molecule has 0 saturated carbocycles. The van der Waals surface area contributed by atoms with Gasteiger partial charge in [-0.05, 0) is 50.7 Å². The van der Waals surface area contributed by atoms with Crippen molar-refractivity contribution in [2.45, 2.75) is 85.4 Å². The summed E-state index contributed by atoms with van der Waals surface area (Å²) >= 11 is 0. The molecule has 1 aromatic carbocycles. The summed E-state index contributed by atoms with van der Waals surface area (Å²) in [7, 11) is 0. The lowest BCUT2D eigenvalue weighted by Gasteiger charge is -2.28. The normalized spacial score (nSPS) is 14.0. The summed E-state index contributed by atoms with van der Waals surface area (Å²) in [6, 6.07) is 6.18. The molecule has 3 N–H and O–H groups in total. The molecule has 2 aromatic rings. The smallest absolute Gasteiger partial charge is 0.329 e. The zero-order valence-electron chi connectivity index (χ0n) is 20.3. The van der Waals surface area contributed by atoms with E-state index in [4.69, 9.17) is 4.74 Å². The van der Waals surface area contributed by atoms with Crippen LogP contribution in [0.25, 0.3) is 10.9 Å². The Kier molecular flexibility index (Phi) is 8.10. The predicted octanol–water partition coefficient (Wildman–Crippen LogP) is 3.87. The van der Waals surface area contributed by atoms with E-state index in [2.05, 4.69) is 36.4 Å². The molecule has 0 spiro atoms. The highest BCUT2D eigenvalue weighted by Gasteiger charge is 2.31. The van der Waals surface area contributed by atoms with Crippen molar-refractivity contribution in [3.63, 3.8) is 0 Å². The van der Waals surface area contributed by atoms with Crippen LogP contribution in [-0.4, -0.2) is 40.5 Å². The minimum absolute atomic E-state index is 0.00787. The fourth-order valence-corrected chi connectivity index (χ4v) is 3.45. The Labute approximate surface area is 190 Å². The largest absolute Gasteiger partial charge is 0.458 e. The molecule has 0 radical (unpaired) electrons. The van der Waals surface area contributed by atoms with E-state index in [0.29, 0.717) is 12.8 Å². The Morgan fingerprint density at radius 2 is 1.66 bits per heavy atom. The number of nitrogens with one attached hydrogen (secondary N) is 3. The minimum atomic E-state index is -0.814. The molecule has 1 heterocycles. The van der Waals surface area contributed by atoms with Crippen molar-refractivity contribution >= 4 is 28.7 Å². The first-order chi connectivity index (χ1) is 14.7. The molecule has 1 aromatic heterocycles. The number of hydrogen-bond donors (Lipinski definition) is 3. The number of H-pyrrole nitrogens is 1. The van der Waals surface area contributed by atoms with Crippen LogP contribution in [0, 0.1) is 5.41 Å². The maximum Gasteiger partial charge on any atom is 0.329 e. The van der Waals surface area contributed by atoms with Crippen LogP contribution >= 0.6 is 0 Å². The molecule has 7 heteroatoms. The number of aromatic nitrogens is 1. The van der Waals surface area contributed by atoms with Crippen LogP contribution in [-0.2, 0) is 25.5 Å². The van der Waals surface area contributed by atoms with Crippen LogP contribution in [0.1, 0.15) is 66.9 Å². The molecule has 176 valence electrons. The molecule has 0 aliphatic heterocycles. The third-order valence-electron chi connectivity index (χ3n) is 4.98. The standard InChI is InChI=1S/C25H37N3O4/c1-16(29)27-21(14-17-15-26-19-11-9-8-10-18(17)19)22(30)28-20(12-13-24(2,3)4)23(31)32-25(5,6)7/h8-11,15,20-21,26H,12-14H2,1-7H3,(H,27,29)(H,28,30). The van der Waals surface area contributed by atoms with Crippen LogP contribution in [0.2, 0.25) is 0 Å². The highest BCUT2D eigenvalue weighted by Crippen LogP contribution is 2.23. The fourth-order valence-electron chi connectivity index (χ4n) is 3.45. The van der Waals surface area contributed by atoms with Crippen molar-refractivity contribution in [2.24, 2.45) is 5.41 Å². The highest BCUT2D eigenvalue weighted by atomic mass is 16.6. The third-order valence-corrected chi connectivity index (χ3v) is 4.98. The van der Waals surface area contributed by atoms with Crippen molar-refractivity contribution in [1.82, 2.24) is 15.6 Å². The number of hydrogen-bond acceptors (Lipinski definition) is 4. The zero-order chi connectivity index (χ0) is 24.1. The van der Waals surface area contributed by atoms with E-state index in [-0.39, 0.29) is 11.3 Å². The molecule has 2 atom stereocenters. The first-order valence-corrected chi connectivity index (χ1v) is 11.1. The molecule has 2 amide bonds. The van der Waals surface area contributed by atoms with Gasteiger partial charge in [0.15, 0.2) is 0 Å². The van der Waals surface area contributed by atoms with Crippen LogP contribution in [0.3, 0.4) is 0 Å². The summed E-state index contributed by atoms with van der Waals surface area (Å²) < 4.78 is 5.54. The van der Waals surface area contributed by atoms with Crippen molar-refractivity contribution in [1.29, 1.82) is 0 Å². The minimum Gasteiger partial charge on any atom is -0.458 e. The maximum absolute atomic E-state index is 13.2. The van der Waals surface area contributed by atoms with Gasteiger partial charge in [0, 0.05) is 30.4 Å².